The minimum absolute atomic E-state index is 0.924. The van der Waals surface area contributed by atoms with Crippen LogP contribution in [0.1, 0.15) is 0 Å². The summed E-state index contributed by atoms with van der Waals surface area (Å²) in [5.74, 6) is 0. The monoisotopic (exact) mass is 439 g/mol. The summed E-state index contributed by atoms with van der Waals surface area (Å²) in [5.41, 5.74) is 5.34. The molecule has 0 unspecified atom stereocenters. The number of aromatic nitrogens is 1. The van der Waals surface area contributed by atoms with Crippen LogP contribution in [0.15, 0.2) is 108 Å². The van der Waals surface area contributed by atoms with E-state index in [1.54, 1.807) is 0 Å². The summed E-state index contributed by atoms with van der Waals surface area (Å²) in [5, 5.41) is 7.55. The number of nitrogens with zero attached hydrogens (tertiary/aromatic N) is 1. The second-order valence-electron chi connectivity index (χ2n) is 8.54. The highest BCUT2D eigenvalue weighted by molar-refractivity contribution is 7.26. The van der Waals surface area contributed by atoms with Crippen molar-refractivity contribution >= 4 is 75.3 Å². The van der Waals surface area contributed by atoms with Crippen molar-refractivity contribution < 1.29 is 4.42 Å². The molecule has 3 heterocycles. The highest BCUT2D eigenvalue weighted by Crippen LogP contribution is 2.44. The van der Waals surface area contributed by atoms with E-state index in [0.29, 0.717) is 0 Å². The van der Waals surface area contributed by atoms with Crippen LogP contribution in [-0.4, -0.2) is 4.57 Å². The van der Waals surface area contributed by atoms with E-state index in [1.807, 2.05) is 23.5 Å². The van der Waals surface area contributed by atoms with Gasteiger partial charge in [0.05, 0.1) is 16.7 Å². The molecule has 8 aromatic rings. The Morgan fingerprint density at radius 2 is 1.30 bits per heavy atom. The Labute approximate surface area is 192 Å². The molecule has 2 nitrogen and oxygen atoms in total. The third-order valence-corrected chi connectivity index (χ3v) is 8.01. The maximum Gasteiger partial charge on any atom is 0.159 e. The van der Waals surface area contributed by atoms with Crippen molar-refractivity contribution in [3.05, 3.63) is 103 Å². The van der Waals surface area contributed by atoms with Crippen molar-refractivity contribution in [2.24, 2.45) is 0 Å². The molecule has 5 aromatic carbocycles. The molecule has 0 amide bonds. The van der Waals surface area contributed by atoms with Crippen molar-refractivity contribution in [2.45, 2.75) is 0 Å². The largest absolute Gasteiger partial charge is 0.454 e. The first-order valence-corrected chi connectivity index (χ1v) is 11.9. The fourth-order valence-corrected chi connectivity index (χ4v) is 6.66. The van der Waals surface area contributed by atoms with E-state index in [1.165, 1.54) is 42.0 Å². The molecule has 0 aliphatic carbocycles. The molecule has 0 saturated carbocycles. The minimum atomic E-state index is 0.924. The van der Waals surface area contributed by atoms with Gasteiger partial charge >= 0.3 is 0 Å². The van der Waals surface area contributed by atoms with E-state index in [9.17, 15) is 0 Å². The van der Waals surface area contributed by atoms with Gasteiger partial charge in [-0.2, -0.15) is 0 Å². The lowest BCUT2D eigenvalue weighted by atomic mass is 10.1. The molecule has 0 atom stereocenters. The highest BCUT2D eigenvalue weighted by atomic mass is 32.1. The Kier molecular flexibility index (Phi) is 3.31. The standard InChI is InChI=1S/C30H17NOS/c1-4-12-23-22(10-1)28-24(17-16-21-19-9-3-6-15-27(19)33-30(21)28)31(23)25-13-7-11-20-18-8-2-5-14-26(18)32-29(20)25/h1-17H. The van der Waals surface area contributed by atoms with Gasteiger partial charge in [-0.05, 0) is 30.3 Å². The molecule has 3 heteroatoms. The first-order valence-electron chi connectivity index (χ1n) is 11.1. The normalized spacial score (nSPS) is 12.2. The molecule has 0 radical (unpaired) electrons. The molecule has 33 heavy (non-hydrogen) atoms. The van der Waals surface area contributed by atoms with Gasteiger partial charge in [-0.3, -0.25) is 0 Å². The molecule has 0 saturated heterocycles. The van der Waals surface area contributed by atoms with E-state index in [4.69, 9.17) is 4.42 Å². The third kappa shape index (κ3) is 2.22. The van der Waals surface area contributed by atoms with E-state index in [-0.39, 0.29) is 0 Å². The first kappa shape index (κ1) is 17.5. The topological polar surface area (TPSA) is 18.1 Å². The smallest absolute Gasteiger partial charge is 0.159 e. The van der Waals surface area contributed by atoms with Gasteiger partial charge in [0.25, 0.3) is 0 Å². The van der Waals surface area contributed by atoms with Crippen LogP contribution in [0.25, 0.3) is 69.6 Å². The number of rotatable bonds is 1. The molecule has 0 spiro atoms. The lowest BCUT2D eigenvalue weighted by Crippen LogP contribution is -1.94. The molecule has 154 valence electrons. The van der Waals surface area contributed by atoms with Crippen LogP contribution < -0.4 is 0 Å². The summed E-state index contributed by atoms with van der Waals surface area (Å²) >= 11 is 1.89. The molecular formula is C30H17NOS. The van der Waals surface area contributed by atoms with Crippen LogP contribution in [0.3, 0.4) is 0 Å². The van der Waals surface area contributed by atoms with E-state index in [0.717, 1.165) is 27.6 Å². The number of fused-ring (bicyclic) bond motifs is 10. The van der Waals surface area contributed by atoms with Gasteiger partial charge in [-0.1, -0.05) is 72.8 Å². The molecule has 0 bridgehead atoms. The Morgan fingerprint density at radius 1 is 0.545 bits per heavy atom. The van der Waals surface area contributed by atoms with Gasteiger partial charge in [0, 0.05) is 41.7 Å². The maximum atomic E-state index is 6.42. The van der Waals surface area contributed by atoms with E-state index in [2.05, 4.69) is 95.6 Å². The number of para-hydroxylation sites is 3. The quantitative estimate of drug-likeness (QED) is 0.249. The summed E-state index contributed by atoms with van der Waals surface area (Å²) in [6.45, 7) is 0. The van der Waals surface area contributed by atoms with Gasteiger partial charge < -0.3 is 8.98 Å². The van der Waals surface area contributed by atoms with Crippen molar-refractivity contribution in [3.63, 3.8) is 0 Å². The molecule has 0 N–H and O–H groups in total. The van der Waals surface area contributed by atoms with Gasteiger partial charge in [-0.25, -0.2) is 0 Å². The molecule has 3 aromatic heterocycles. The molecule has 0 fully saturated rings. The number of hydrogen-bond donors (Lipinski definition) is 0. The minimum Gasteiger partial charge on any atom is -0.454 e. The van der Waals surface area contributed by atoms with Gasteiger partial charge in [-0.15, -0.1) is 11.3 Å². The van der Waals surface area contributed by atoms with Crippen LogP contribution in [-0.2, 0) is 0 Å². The summed E-state index contributed by atoms with van der Waals surface area (Å²) in [7, 11) is 0. The second kappa shape index (κ2) is 6.25. The summed E-state index contributed by atoms with van der Waals surface area (Å²) < 4.78 is 11.5. The zero-order valence-corrected chi connectivity index (χ0v) is 18.4. The Morgan fingerprint density at radius 3 is 2.24 bits per heavy atom. The third-order valence-electron chi connectivity index (χ3n) is 6.80. The van der Waals surface area contributed by atoms with Crippen LogP contribution in [0.2, 0.25) is 0 Å². The number of hydrogen-bond acceptors (Lipinski definition) is 2. The lowest BCUT2D eigenvalue weighted by Gasteiger charge is -2.08. The van der Waals surface area contributed by atoms with Crippen molar-refractivity contribution in [3.8, 4) is 5.69 Å². The number of furan rings is 1. The molecule has 0 aliphatic rings. The summed E-state index contributed by atoms with van der Waals surface area (Å²) in [6, 6.07) is 36.7. The molecule has 8 rings (SSSR count). The second-order valence-corrected chi connectivity index (χ2v) is 9.59. The predicted octanol–water partition coefficient (Wildman–Crippen LogP) is 9.05. The molecule has 0 aliphatic heterocycles. The maximum absolute atomic E-state index is 6.42. The fourth-order valence-electron chi connectivity index (χ4n) is 5.40. The van der Waals surface area contributed by atoms with Gasteiger partial charge in [0.15, 0.2) is 5.58 Å². The number of thiophene rings is 1. The van der Waals surface area contributed by atoms with Gasteiger partial charge in [0.2, 0.25) is 0 Å². The zero-order valence-electron chi connectivity index (χ0n) is 17.6. The Balaban J connectivity index is 1.59. The zero-order chi connectivity index (χ0) is 21.5. The van der Waals surface area contributed by atoms with Crippen molar-refractivity contribution in [1.82, 2.24) is 4.57 Å². The van der Waals surface area contributed by atoms with Crippen LogP contribution in [0.5, 0.6) is 0 Å². The average Bonchev–Trinajstić information content (AvgIpc) is 3.53. The molecular weight excluding hydrogens is 422 g/mol. The summed E-state index contributed by atoms with van der Waals surface area (Å²) in [6.07, 6.45) is 0. The Hall–Kier alpha value is -4.08. The lowest BCUT2D eigenvalue weighted by molar-refractivity contribution is 0.666. The SMILES string of the molecule is c1ccc2c(c1)oc1c(-n3c4ccccc4c4c5sc6ccccc6c5ccc43)cccc12. The van der Waals surface area contributed by atoms with Crippen LogP contribution in [0, 0.1) is 0 Å². The Bertz CT molecular complexity index is 2040. The van der Waals surface area contributed by atoms with E-state index < -0.39 is 0 Å². The van der Waals surface area contributed by atoms with Crippen LogP contribution >= 0.6 is 11.3 Å². The van der Waals surface area contributed by atoms with Crippen molar-refractivity contribution in [1.29, 1.82) is 0 Å². The van der Waals surface area contributed by atoms with Crippen molar-refractivity contribution in [2.75, 3.05) is 0 Å². The van der Waals surface area contributed by atoms with Gasteiger partial charge in [0.1, 0.15) is 5.58 Å². The average molecular weight is 440 g/mol. The number of benzene rings is 5. The fraction of sp³-hybridized carbons (Fsp3) is 0. The van der Waals surface area contributed by atoms with E-state index >= 15 is 0 Å². The van der Waals surface area contributed by atoms with Crippen LogP contribution in [0.4, 0.5) is 0 Å². The summed E-state index contributed by atoms with van der Waals surface area (Å²) in [4.78, 5) is 0. The predicted molar refractivity (Wildman–Crippen MR) is 141 cm³/mol. The first-order chi connectivity index (χ1) is 16.4. The highest BCUT2D eigenvalue weighted by Gasteiger charge is 2.19.